The Balaban J connectivity index is 1.44. The van der Waals surface area contributed by atoms with Crippen molar-refractivity contribution >= 4 is 22.8 Å². The first-order valence-corrected chi connectivity index (χ1v) is 10.9. The molecule has 10 heteroatoms. The molecule has 33 heavy (non-hydrogen) atoms. The molecule has 0 amide bonds. The average molecular weight is 447 g/mol. The Kier molecular flexibility index (Phi) is 5.99. The quantitative estimate of drug-likeness (QED) is 0.424. The van der Waals surface area contributed by atoms with Crippen molar-refractivity contribution in [3.63, 3.8) is 0 Å². The molecule has 5 heterocycles. The molecule has 5 rings (SSSR count). The number of morpholine rings is 1. The van der Waals surface area contributed by atoms with E-state index in [4.69, 9.17) is 14.5 Å². The van der Waals surface area contributed by atoms with Crippen molar-refractivity contribution < 1.29 is 14.3 Å². The maximum atomic E-state index is 13.1. The van der Waals surface area contributed by atoms with Gasteiger partial charge in [0.2, 0.25) is 5.91 Å². The number of carbonyl (C=O) groups is 1. The van der Waals surface area contributed by atoms with E-state index in [-0.39, 0.29) is 18.3 Å². The number of aromatic nitrogens is 6. The molecular formula is C23H25N7O3. The summed E-state index contributed by atoms with van der Waals surface area (Å²) in [4.78, 5) is 28.6. The lowest BCUT2D eigenvalue weighted by Crippen LogP contribution is -2.37. The Morgan fingerprint density at radius 1 is 1.12 bits per heavy atom. The lowest BCUT2D eigenvalue weighted by Gasteiger charge is -2.28. The number of aryl methyl sites for hydroxylation is 1. The van der Waals surface area contributed by atoms with Gasteiger partial charge < -0.3 is 14.4 Å². The Morgan fingerprint density at radius 2 is 1.94 bits per heavy atom. The van der Waals surface area contributed by atoms with Gasteiger partial charge in [-0.3, -0.25) is 19.0 Å². The van der Waals surface area contributed by atoms with E-state index >= 15 is 0 Å². The van der Waals surface area contributed by atoms with Crippen LogP contribution in [0.5, 0.6) is 6.01 Å². The van der Waals surface area contributed by atoms with Crippen LogP contribution >= 0.6 is 0 Å². The number of hydrogen-bond acceptors (Lipinski definition) is 8. The van der Waals surface area contributed by atoms with Crippen LogP contribution in [0.1, 0.15) is 15.9 Å². The first kappa shape index (κ1) is 21.1. The number of pyridine rings is 1. The summed E-state index contributed by atoms with van der Waals surface area (Å²) in [6.45, 7) is 3.11. The smallest absolute Gasteiger partial charge is 0.320 e. The van der Waals surface area contributed by atoms with Crippen LogP contribution in [0.3, 0.4) is 0 Å². The summed E-state index contributed by atoms with van der Waals surface area (Å²) < 4.78 is 14.8. The summed E-state index contributed by atoms with van der Waals surface area (Å²) >= 11 is 0. The second kappa shape index (κ2) is 9.37. The molecule has 0 atom stereocenters. The van der Waals surface area contributed by atoms with Gasteiger partial charge in [-0.15, -0.1) is 0 Å². The zero-order chi connectivity index (χ0) is 22.6. The average Bonchev–Trinajstić information content (AvgIpc) is 3.46. The number of hydrogen-bond donors (Lipinski definition) is 0. The Labute approximate surface area is 190 Å². The molecule has 1 aliphatic rings. The number of nitrogens with zero attached hydrogens (tertiary/aromatic N) is 7. The summed E-state index contributed by atoms with van der Waals surface area (Å²) in [5.41, 5.74) is 2.51. The summed E-state index contributed by atoms with van der Waals surface area (Å²) in [5, 5.41) is 5.00. The topological polar surface area (TPSA) is 100 Å². The van der Waals surface area contributed by atoms with E-state index in [2.05, 4.69) is 20.0 Å². The van der Waals surface area contributed by atoms with Crippen LogP contribution in [-0.4, -0.2) is 68.1 Å². The van der Waals surface area contributed by atoms with Crippen LogP contribution in [0.4, 0.5) is 5.82 Å². The van der Waals surface area contributed by atoms with Crippen molar-refractivity contribution in [1.82, 2.24) is 29.3 Å². The van der Waals surface area contributed by atoms with E-state index in [0.717, 1.165) is 35.4 Å². The van der Waals surface area contributed by atoms with Crippen LogP contribution in [0.25, 0.3) is 11.0 Å². The van der Waals surface area contributed by atoms with Crippen molar-refractivity contribution in [2.45, 2.75) is 12.8 Å². The van der Waals surface area contributed by atoms with Crippen molar-refractivity contribution in [2.24, 2.45) is 7.05 Å². The molecule has 1 saturated heterocycles. The molecule has 0 bridgehead atoms. The Hall–Kier alpha value is -3.79. The normalized spacial score (nSPS) is 14.0. The highest BCUT2D eigenvalue weighted by Crippen LogP contribution is 2.28. The van der Waals surface area contributed by atoms with Crippen LogP contribution < -0.4 is 9.64 Å². The van der Waals surface area contributed by atoms with Gasteiger partial charge in [0.25, 0.3) is 0 Å². The highest BCUT2D eigenvalue weighted by Gasteiger charge is 2.21. The fourth-order valence-corrected chi connectivity index (χ4v) is 3.88. The minimum Gasteiger partial charge on any atom is -0.463 e. The van der Waals surface area contributed by atoms with E-state index in [1.807, 2.05) is 37.6 Å². The highest BCUT2D eigenvalue weighted by atomic mass is 16.5. The molecule has 1 aliphatic heterocycles. The molecule has 170 valence electrons. The van der Waals surface area contributed by atoms with Gasteiger partial charge >= 0.3 is 6.01 Å². The summed E-state index contributed by atoms with van der Waals surface area (Å²) in [6.07, 6.45) is 9.83. The van der Waals surface area contributed by atoms with Gasteiger partial charge in [0.1, 0.15) is 5.82 Å². The van der Waals surface area contributed by atoms with E-state index in [1.54, 1.807) is 27.8 Å². The second-order valence-electron chi connectivity index (χ2n) is 7.90. The first-order valence-electron chi connectivity index (χ1n) is 10.9. The minimum absolute atomic E-state index is 0.0795. The van der Waals surface area contributed by atoms with Gasteiger partial charge in [0.15, 0.2) is 5.65 Å². The molecule has 1 fully saturated rings. The van der Waals surface area contributed by atoms with Gasteiger partial charge in [-0.25, -0.2) is 0 Å². The first-order chi connectivity index (χ1) is 16.2. The largest absolute Gasteiger partial charge is 0.463 e. The van der Waals surface area contributed by atoms with Crippen molar-refractivity contribution in [3.05, 3.63) is 60.3 Å². The minimum atomic E-state index is -0.0795. The van der Waals surface area contributed by atoms with Gasteiger partial charge in [-0.2, -0.15) is 15.1 Å². The van der Waals surface area contributed by atoms with E-state index in [1.165, 1.54) is 0 Å². The second-order valence-corrected chi connectivity index (χ2v) is 7.90. The lowest BCUT2D eigenvalue weighted by molar-refractivity contribution is 0.0918. The predicted molar refractivity (Wildman–Crippen MR) is 122 cm³/mol. The molecule has 0 spiro atoms. The number of carbonyl (C=O) groups excluding carboxylic acids is 1. The Bertz CT molecular complexity index is 1250. The van der Waals surface area contributed by atoms with Crippen LogP contribution in [-0.2, 0) is 24.6 Å². The third-order valence-corrected chi connectivity index (χ3v) is 5.57. The van der Waals surface area contributed by atoms with Crippen molar-refractivity contribution in [3.8, 4) is 6.01 Å². The van der Waals surface area contributed by atoms with Crippen molar-refractivity contribution in [2.75, 3.05) is 37.8 Å². The molecule has 0 N–H and O–H groups in total. The maximum absolute atomic E-state index is 13.1. The standard InChI is InChI=1S/C23H25N7O3/c1-28-16-18(15-25-28)5-11-33-23-26-21(29-9-12-32-13-10-29)19-4-8-30(22(19)27-23)20(31)14-17-2-6-24-7-3-17/h2-4,6-8,15-16H,5,9-14H2,1H3. The van der Waals surface area contributed by atoms with E-state index < -0.39 is 0 Å². The molecule has 0 unspecified atom stereocenters. The van der Waals surface area contributed by atoms with E-state index in [0.29, 0.717) is 31.9 Å². The van der Waals surface area contributed by atoms with Crippen LogP contribution in [0.15, 0.2) is 49.2 Å². The van der Waals surface area contributed by atoms with Crippen LogP contribution in [0.2, 0.25) is 0 Å². The predicted octanol–water partition coefficient (Wildman–Crippen LogP) is 1.90. The zero-order valence-corrected chi connectivity index (χ0v) is 18.4. The zero-order valence-electron chi connectivity index (χ0n) is 18.4. The molecule has 4 aromatic heterocycles. The molecule has 10 nitrogen and oxygen atoms in total. The third-order valence-electron chi connectivity index (χ3n) is 5.57. The molecular weight excluding hydrogens is 422 g/mol. The number of ether oxygens (including phenoxy) is 2. The molecule has 0 saturated carbocycles. The Morgan fingerprint density at radius 3 is 2.70 bits per heavy atom. The molecule has 0 aromatic carbocycles. The molecule has 0 radical (unpaired) electrons. The summed E-state index contributed by atoms with van der Waals surface area (Å²) in [6, 6.07) is 5.82. The van der Waals surface area contributed by atoms with Crippen LogP contribution in [0, 0.1) is 0 Å². The maximum Gasteiger partial charge on any atom is 0.320 e. The molecule has 4 aromatic rings. The van der Waals surface area contributed by atoms with Gasteiger partial charge in [-0.05, 0) is 29.3 Å². The highest BCUT2D eigenvalue weighted by molar-refractivity contribution is 5.96. The fourth-order valence-electron chi connectivity index (χ4n) is 3.88. The van der Waals surface area contributed by atoms with E-state index in [9.17, 15) is 4.79 Å². The van der Waals surface area contributed by atoms with Gasteiger partial charge in [0, 0.05) is 51.3 Å². The van der Waals surface area contributed by atoms with Crippen molar-refractivity contribution in [1.29, 1.82) is 0 Å². The molecule has 0 aliphatic carbocycles. The summed E-state index contributed by atoms with van der Waals surface area (Å²) in [5.74, 6) is 0.680. The van der Waals surface area contributed by atoms with Gasteiger partial charge in [0.05, 0.1) is 37.8 Å². The summed E-state index contributed by atoms with van der Waals surface area (Å²) in [7, 11) is 1.88. The SMILES string of the molecule is Cn1cc(CCOc2nc(N3CCOCC3)c3ccn(C(=O)Cc4ccncc4)c3n2)cn1. The van der Waals surface area contributed by atoms with Gasteiger partial charge in [-0.1, -0.05) is 0 Å². The number of rotatable bonds is 7. The number of fused-ring (bicyclic) bond motifs is 1. The fraction of sp³-hybridized carbons (Fsp3) is 0.348. The lowest BCUT2D eigenvalue weighted by atomic mass is 10.2. The number of anilines is 1. The monoisotopic (exact) mass is 447 g/mol. The third kappa shape index (κ3) is 4.70.